The van der Waals surface area contributed by atoms with E-state index in [4.69, 9.17) is 4.74 Å². The Morgan fingerprint density at radius 1 is 1.19 bits per heavy atom. The van der Waals surface area contributed by atoms with E-state index in [-0.39, 0.29) is 12.4 Å². The summed E-state index contributed by atoms with van der Waals surface area (Å²) in [7, 11) is 3.93. The van der Waals surface area contributed by atoms with Crippen LogP contribution in [-0.2, 0) is 6.54 Å². The van der Waals surface area contributed by atoms with Crippen molar-refractivity contribution in [2.45, 2.75) is 19.0 Å². The summed E-state index contributed by atoms with van der Waals surface area (Å²) in [6.07, 6.45) is 1.25. The summed E-state index contributed by atoms with van der Waals surface area (Å²) in [6, 6.07) is 13.6. The second-order valence-corrected chi connectivity index (χ2v) is 5.61. The quantitative estimate of drug-likeness (QED) is 0.939. The lowest BCUT2D eigenvalue weighted by Crippen LogP contribution is -2.32. The lowest BCUT2D eigenvalue weighted by molar-refractivity contribution is 0.249. The summed E-state index contributed by atoms with van der Waals surface area (Å²) in [5.74, 6) is 0.916. The first-order valence-electron chi connectivity index (χ1n) is 7.24. The van der Waals surface area contributed by atoms with Gasteiger partial charge in [0.05, 0.1) is 7.11 Å². The molecule has 2 aromatic rings. The number of benzene rings is 2. The number of methoxy groups -OCH3 is 1. The van der Waals surface area contributed by atoms with Crippen molar-refractivity contribution in [1.82, 2.24) is 10.2 Å². The van der Waals surface area contributed by atoms with Gasteiger partial charge in [-0.05, 0) is 54.5 Å². The molecule has 0 bridgehead atoms. The first kappa shape index (κ1) is 16.1. The molecule has 0 aliphatic carbocycles. The van der Waals surface area contributed by atoms with Crippen molar-refractivity contribution in [1.29, 1.82) is 0 Å². The smallest absolute Gasteiger partial charge is 0.119 e. The molecule has 1 saturated heterocycles. The van der Waals surface area contributed by atoms with Gasteiger partial charge in [-0.2, -0.15) is 0 Å². The zero-order valence-electron chi connectivity index (χ0n) is 12.6. The highest BCUT2D eigenvalue weighted by Gasteiger charge is 2.18. The maximum atomic E-state index is 5.27. The Bertz CT molecular complexity index is 596. The van der Waals surface area contributed by atoms with Crippen LogP contribution in [0.25, 0.3) is 10.8 Å². The van der Waals surface area contributed by atoms with Crippen molar-refractivity contribution in [3.8, 4) is 5.75 Å². The molecular formula is C17H23ClN2O. The van der Waals surface area contributed by atoms with Gasteiger partial charge in [0.15, 0.2) is 0 Å². The number of fused-ring (bicyclic) bond motifs is 1. The number of likely N-dealkylation sites (N-methyl/N-ethyl adjacent to an activating group) is 1. The predicted octanol–water partition coefficient (Wildman–Crippen LogP) is 3.06. The van der Waals surface area contributed by atoms with Crippen molar-refractivity contribution in [3.05, 3.63) is 42.0 Å². The highest BCUT2D eigenvalue weighted by Crippen LogP contribution is 2.22. The molecule has 0 amide bonds. The minimum Gasteiger partial charge on any atom is -0.497 e. The molecule has 0 aromatic heterocycles. The van der Waals surface area contributed by atoms with E-state index in [0.29, 0.717) is 6.04 Å². The summed E-state index contributed by atoms with van der Waals surface area (Å²) in [6.45, 7) is 3.27. The fraction of sp³-hybridized carbons (Fsp3) is 0.412. The average molecular weight is 307 g/mol. The van der Waals surface area contributed by atoms with E-state index in [1.54, 1.807) is 7.11 Å². The molecule has 1 aliphatic rings. The zero-order valence-corrected chi connectivity index (χ0v) is 13.5. The number of hydrogen-bond acceptors (Lipinski definition) is 3. The van der Waals surface area contributed by atoms with Crippen LogP contribution in [0, 0.1) is 0 Å². The Morgan fingerprint density at radius 3 is 2.67 bits per heavy atom. The van der Waals surface area contributed by atoms with Crippen molar-refractivity contribution in [2.75, 3.05) is 27.2 Å². The first-order valence-corrected chi connectivity index (χ1v) is 7.24. The Hall–Kier alpha value is -1.29. The molecular weight excluding hydrogens is 284 g/mol. The topological polar surface area (TPSA) is 24.5 Å². The third kappa shape index (κ3) is 3.67. The fourth-order valence-electron chi connectivity index (χ4n) is 2.93. The van der Waals surface area contributed by atoms with E-state index in [0.717, 1.165) is 25.4 Å². The van der Waals surface area contributed by atoms with Crippen molar-refractivity contribution >= 4 is 23.2 Å². The molecule has 1 N–H and O–H groups in total. The van der Waals surface area contributed by atoms with Gasteiger partial charge in [-0.1, -0.05) is 18.2 Å². The molecule has 4 heteroatoms. The molecule has 3 nitrogen and oxygen atoms in total. The summed E-state index contributed by atoms with van der Waals surface area (Å²) in [4.78, 5) is 2.45. The Balaban J connectivity index is 0.00000161. The normalized spacial score (nSPS) is 18.0. The molecule has 1 aliphatic heterocycles. The van der Waals surface area contributed by atoms with Crippen LogP contribution in [0.5, 0.6) is 5.75 Å². The molecule has 21 heavy (non-hydrogen) atoms. The lowest BCUT2D eigenvalue weighted by atomic mass is 10.1. The summed E-state index contributed by atoms with van der Waals surface area (Å²) in [5.41, 5.74) is 1.37. The molecule has 0 radical (unpaired) electrons. The minimum absolute atomic E-state index is 0. The molecule has 1 atom stereocenters. The highest BCUT2D eigenvalue weighted by molar-refractivity contribution is 5.85. The maximum absolute atomic E-state index is 5.27. The van der Waals surface area contributed by atoms with E-state index < -0.39 is 0 Å². The number of rotatable bonds is 4. The van der Waals surface area contributed by atoms with Crippen LogP contribution in [0.4, 0.5) is 0 Å². The van der Waals surface area contributed by atoms with Crippen LogP contribution in [0.3, 0.4) is 0 Å². The Kier molecular flexibility index (Phi) is 5.45. The number of halogens is 1. The van der Waals surface area contributed by atoms with Crippen LogP contribution in [0.2, 0.25) is 0 Å². The van der Waals surface area contributed by atoms with E-state index >= 15 is 0 Å². The van der Waals surface area contributed by atoms with E-state index in [1.807, 2.05) is 6.07 Å². The molecule has 1 heterocycles. The molecule has 0 saturated carbocycles. The number of hydrogen-bond donors (Lipinski definition) is 1. The van der Waals surface area contributed by atoms with Gasteiger partial charge in [0.1, 0.15) is 5.75 Å². The second kappa shape index (κ2) is 7.12. The standard InChI is InChI=1S/C17H22N2O.ClH/c1-19(16-7-8-18-11-16)12-13-3-4-15-10-17(20-2)6-5-14(15)9-13;/h3-6,9-10,16,18H,7-8,11-12H2,1-2H3;1H. The van der Waals surface area contributed by atoms with Gasteiger partial charge in [0.2, 0.25) is 0 Å². The molecule has 1 unspecified atom stereocenters. The van der Waals surface area contributed by atoms with Gasteiger partial charge in [0.25, 0.3) is 0 Å². The van der Waals surface area contributed by atoms with Crippen LogP contribution in [-0.4, -0.2) is 38.2 Å². The number of nitrogens with one attached hydrogen (secondary N) is 1. The lowest BCUT2D eigenvalue weighted by Gasteiger charge is -2.23. The third-order valence-corrected chi connectivity index (χ3v) is 4.20. The minimum atomic E-state index is 0. The predicted molar refractivity (Wildman–Crippen MR) is 90.5 cm³/mol. The van der Waals surface area contributed by atoms with Crippen molar-refractivity contribution < 1.29 is 4.74 Å². The zero-order chi connectivity index (χ0) is 13.9. The van der Waals surface area contributed by atoms with Gasteiger partial charge < -0.3 is 10.1 Å². The van der Waals surface area contributed by atoms with Crippen molar-refractivity contribution in [2.24, 2.45) is 0 Å². The van der Waals surface area contributed by atoms with Gasteiger partial charge in [-0.15, -0.1) is 12.4 Å². The molecule has 114 valence electrons. The van der Waals surface area contributed by atoms with Crippen LogP contribution >= 0.6 is 12.4 Å². The highest BCUT2D eigenvalue weighted by atomic mass is 35.5. The number of ether oxygens (including phenoxy) is 1. The maximum Gasteiger partial charge on any atom is 0.119 e. The second-order valence-electron chi connectivity index (χ2n) is 5.61. The van der Waals surface area contributed by atoms with Crippen LogP contribution < -0.4 is 10.1 Å². The van der Waals surface area contributed by atoms with Gasteiger partial charge in [0, 0.05) is 19.1 Å². The van der Waals surface area contributed by atoms with Crippen LogP contribution in [0.15, 0.2) is 36.4 Å². The van der Waals surface area contributed by atoms with Gasteiger partial charge >= 0.3 is 0 Å². The Labute approximate surface area is 132 Å². The Morgan fingerprint density at radius 2 is 1.95 bits per heavy atom. The van der Waals surface area contributed by atoms with Crippen LogP contribution in [0.1, 0.15) is 12.0 Å². The molecule has 1 fully saturated rings. The number of nitrogens with zero attached hydrogens (tertiary/aromatic N) is 1. The van der Waals surface area contributed by atoms with Crippen molar-refractivity contribution in [3.63, 3.8) is 0 Å². The monoisotopic (exact) mass is 306 g/mol. The molecule has 3 rings (SSSR count). The van der Waals surface area contributed by atoms with Gasteiger partial charge in [-0.3, -0.25) is 4.90 Å². The molecule has 2 aromatic carbocycles. The average Bonchev–Trinajstić information content (AvgIpc) is 3.01. The van der Waals surface area contributed by atoms with E-state index in [2.05, 4.69) is 47.6 Å². The SMILES string of the molecule is COc1ccc2cc(CN(C)C3CCNC3)ccc2c1.Cl. The summed E-state index contributed by atoms with van der Waals surface area (Å²) >= 11 is 0. The van der Waals surface area contributed by atoms with Gasteiger partial charge in [-0.25, -0.2) is 0 Å². The summed E-state index contributed by atoms with van der Waals surface area (Å²) in [5, 5.41) is 5.94. The fourth-order valence-corrected chi connectivity index (χ4v) is 2.93. The van der Waals surface area contributed by atoms with E-state index in [1.165, 1.54) is 22.8 Å². The largest absolute Gasteiger partial charge is 0.497 e. The first-order chi connectivity index (χ1) is 9.76. The molecule has 0 spiro atoms. The van der Waals surface area contributed by atoms with E-state index in [9.17, 15) is 0 Å². The third-order valence-electron chi connectivity index (χ3n) is 4.20. The summed E-state index contributed by atoms with van der Waals surface area (Å²) < 4.78 is 5.27.